The summed E-state index contributed by atoms with van der Waals surface area (Å²) >= 11 is 0. The van der Waals surface area contributed by atoms with Crippen molar-refractivity contribution in [2.24, 2.45) is 5.92 Å². The van der Waals surface area contributed by atoms with Gasteiger partial charge in [0.25, 0.3) is 15.6 Å². The molecule has 0 radical (unpaired) electrons. The van der Waals surface area contributed by atoms with Gasteiger partial charge in [-0.2, -0.15) is 0 Å². The molecule has 1 aromatic heterocycles. The SMILES string of the molecule is CCC1CCC(NC(=O)NS(=O)(=O)c2ccc(CC(CC)n3c(=O)[nH]c4ccccc4c3=O)cc2)CC1. The average Bonchev–Trinajstić information content (AvgIpc) is 2.88. The molecule has 0 spiro atoms. The number of rotatable bonds is 8. The number of amides is 2. The van der Waals surface area contributed by atoms with Crippen LogP contribution in [0.2, 0.25) is 0 Å². The molecule has 1 aliphatic carbocycles. The predicted octanol–water partition coefficient (Wildman–Crippen LogP) is 3.84. The quantitative estimate of drug-likeness (QED) is 0.411. The summed E-state index contributed by atoms with van der Waals surface area (Å²) in [6, 6.07) is 11.9. The third-order valence-electron chi connectivity index (χ3n) is 7.36. The highest BCUT2D eigenvalue weighted by molar-refractivity contribution is 7.90. The summed E-state index contributed by atoms with van der Waals surface area (Å²) in [7, 11) is -4.04. The van der Waals surface area contributed by atoms with E-state index in [1.807, 2.05) is 6.92 Å². The number of H-pyrrole nitrogens is 1. The molecule has 1 heterocycles. The zero-order chi connectivity index (χ0) is 26.6. The summed E-state index contributed by atoms with van der Waals surface area (Å²) < 4.78 is 28.8. The zero-order valence-corrected chi connectivity index (χ0v) is 22.0. The molecular formula is C27H34N4O5S. The second kappa shape index (κ2) is 11.3. The number of aromatic nitrogens is 2. The maximum atomic E-state index is 13.0. The van der Waals surface area contributed by atoms with Crippen molar-refractivity contribution in [3.63, 3.8) is 0 Å². The molecule has 1 fully saturated rings. The predicted molar refractivity (Wildman–Crippen MR) is 143 cm³/mol. The van der Waals surface area contributed by atoms with Crippen LogP contribution in [0.3, 0.4) is 0 Å². The molecule has 1 aliphatic rings. The number of nitrogens with one attached hydrogen (secondary N) is 3. The summed E-state index contributed by atoms with van der Waals surface area (Å²) in [5.74, 6) is 0.675. The largest absolute Gasteiger partial charge is 0.335 e. The molecule has 3 N–H and O–H groups in total. The van der Waals surface area contributed by atoms with Crippen molar-refractivity contribution in [2.45, 2.75) is 75.8 Å². The third kappa shape index (κ3) is 6.12. The second-order valence-electron chi connectivity index (χ2n) is 9.77. The summed E-state index contributed by atoms with van der Waals surface area (Å²) in [6.45, 7) is 4.05. The van der Waals surface area contributed by atoms with Gasteiger partial charge in [0, 0.05) is 12.1 Å². The second-order valence-corrected chi connectivity index (χ2v) is 11.4. The summed E-state index contributed by atoms with van der Waals surface area (Å²) in [5, 5.41) is 3.22. The van der Waals surface area contributed by atoms with Gasteiger partial charge in [-0.3, -0.25) is 9.36 Å². The highest BCUT2D eigenvalue weighted by Crippen LogP contribution is 2.26. The first-order chi connectivity index (χ1) is 17.7. The van der Waals surface area contributed by atoms with Crippen molar-refractivity contribution < 1.29 is 13.2 Å². The van der Waals surface area contributed by atoms with Crippen LogP contribution in [0, 0.1) is 5.92 Å². The van der Waals surface area contributed by atoms with Crippen LogP contribution in [-0.2, 0) is 16.4 Å². The monoisotopic (exact) mass is 526 g/mol. The van der Waals surface area contributed by atoms with Gasteiger partial charge < -0.3 is 10.3 Å². The van der Waals surface area contributed by atoms with E-state index in [9.17, 15) is 22.8 Å². The number of benzene rings is 2. The van der Waals surface area contributed by atoms with Crippen molar-refractivity contribution in [1.29, 1.82) is 0 Å². The summed E-state index contributed by atoms with van der Waals surface area (Å²) in [5.41, 5.74) is 0.419. The lowest BCUT2D eigenvalue weighted by Gasteiger charge is -2.28. The molecule has 1 saturated carbocycles. The first kappa shape index (κ1) is 26.7. The molecule has 0 saturated heterocycles. The molecular weight excluding hydrogens is 492 g/mol. The van der Waals surface area contributed by atoms with E-state index in [1.54, 1.807) is 36.4 Å². The number of aromatic amines is 1. The van der Waals surface area contributed by atoms with Crippen molar-refractivity contribution in [2.75, 3.05) is 0 Å². The smallest absolute Gasteiger partial charge is 0.329 e. The van der Waals surface area contributed by atoms with Crippen LogP contribution < -0.4 is 21.3 Å². The van der Waals surface area contributed by atoms with Gasteiger partial charge >= 0.3 is 11.7 Å². The number of para-hydroxylation sites is 1. The van der Waals surface area contributed by atoms with Gasteiger partial charge in [-0.15, -0.1) is 0 Å². The highest BCUT2D eigenvalue weighted by Gasteiger charge is 2.24. The highest BCUT2D eigenvalue weighted by atomic mass is 32.2. The third-order valence-corrected chi connectivity index (χ3v) is 8.71. The fraction of sp³-hybridized carbons (Fsp3) is 0.444. The lowest BCUT2D eigenvalue weighted by Crippen LogP contribution is -2.45. The average molecular weight is 527 g/mol. The van der Waals surface area contributed by atoms with E-state index >= 15 is 0 Å². The minimum Gasteiger partial charge on any atom is -0.335 e. The van der Waals surface area contributed by atoms with Crippen LogP contribution >= 0.6 is 0 Å². The van der Waals surface area contributed by atoms with Crippen LogP contribution in [0.1, 0.15) is 64.0 Å². The van der Waals surface area contributed by atoms with Crippen molar-refractivity contribution in [3.8, 4) is 0 Å². The number of sulfonamides is 1. The number of hydrogen-bond acceptors (Lipinski definition) is 5. The molecule has 198 valence electrons. The molecule has 37 heavy (non-hydrogen) atoms. The maximum absolute atomic E-state index is 13.0. The Morgan fingerprint density at radius 3 is 2.35 bits per heavy atom. The minimum atomic E-state index is -4.04. The lowest BCUT2D eigenvalue weighted by atomic mass is 9.85. The fourth-order valence-corrected chi connectivity index (χ4v) is 6.03. The van der Waals surface area contributed by atoms with Gasteiger partial charge in [-0.25, -0.2) is 22.7 Å². The topological polar surface area (TPSA) is 130 Å². The Balaban J connectivity index is 1.44. The number of hydrogen-bond donors (Lipinski definition) is 3. The van der Waals surface area contributed by atoms with Crippen LogP contribution in [0.25, 0.3) is 10.9 Å². The summed E-state index contributed by atoms with van der Waals surface area (Å²) in [4.78, 5) is 40.8. The molecule has 2 aromatic carbocycles. The van der Waals surface area contributed by atoms with Crippen LogP contribution in [-0.4, -0.2) is 30.0 Å². The minimum absolute atomic E-state index is 0.0204. The maximum Gasteiger partial charge on any atom is 0.329 e. The first-order valence-corrected chi connectivity index (χ1v) is 14.4. The van der Waals surface area contributed by atoms with Gasteiger partial charge in [0.15, 0.2) is 0 Å². The molecule has 0 aliphatic heterocycles. The standard InChI is InChI=1S/C27H34N4O5S/c1-3-18-9-13-20(14-10-18)28-26(33)30-37(35,36)22-15-11-19(12-16-22)17-21(4-2)31-25(32)23-7-5-6-8-24(23)29-27(31)34/h5-8,11-12,15-16,18,20-21H,3-4,9-10,13-14,17H2,1-2H3,(H,29,34)(H2,28,30,33). The van der Waals surface area contributed by atoms with E-state index in [-0.39, 0.29) is 16.5 Å². The van der Waals surface area contributed by atoms with Gasteiger partial charge in [0.1, 0.15) is 0 Å². The van der Waals surface area contributed by atoms with Gasteiger partial charge in [0.05, 0.1) is 15.8 Å². The Kier molecular flexibility index (Phi) is 8.16. The Bertz CT molecular complexity index is 1470. The van der Waals surface area contributed by atoms with Crippen LogP contribution in [0.5, 0.6) is 0 Å². The normalized spacial score (nSPS) is 18.9. The number of carbonyl (C=O) groups excluding carboxylic acids is 1. The Labute approximate surface area is 216 Å². The molecule has 1 atom stereocenters. The van der Waals surface area contributed by atoms with E-state index < -0.39 is 27.8 Å². The number of carbonyl (C=O) groups is 1. The van der Waals surface area contributed by atoms with Gasteiger partial charge in [-0.05, 0) is 74.3 Å². The molecule has 1 unspecified atom stereocenters. The van der Waals surface area contributed by atoms with Gasteiger partial charge in [0.2, 0.25) is 0 Å². The van der Waals surface area contributed by atoms with Crippen molar-refractivity contribution >= 4 is 27.0 Å². The number of fused-ring (bicyclic) bond motifs is 1. The van der Waals surface area contributed by atoms with E-state index in [0.717, 1.165) is 37.7 Å². The molecule has 0 bridgehead atoms. The van der Waals surface area contributed by atoms with Crippen molar-refractivity contribution in [3.05, 3.63) is 74.9 Å². The Hall–Kier alpha value is -3.40. The van der Waals surface area contributed by atoms with Crippen LogP contribution in [0.15, 0.2) is 63.0 Å². The van der Waals surface area contributed by atoms with E-state index in [2.05, 4.69) is 21.9 Å². The van der Waals surface area contributed by atoms with Crippen molar-refractivity contribution in [1.82, 2.24) is 19.6 Å². The van der Waals surface area contributed by atoms with E-state index in [4.69, 9.17) is 0 Å². The molecule has 10 heteroatoms. The number of nitrogens with zero attached hydrogens (tertiary/aromatic N) is 1. The van der Waals surface area contributed by atoms with E-state index in [0.29, 0.717) is 29.7 Å². The summed E-state index contributed by atoms with van der Waals surface area (Å²) in [6.07, 6.45) is 5.79. The fourth-order valence-electron chi connectivity index (χ4n) is 5.11. The molecule has 9 nitrogen and oxygen atoms in total. The lowest BCUT2D eigenvalue weighted by molar-refractivity contribution is 0.231. The zero-order valence-electron chi connectivity index (χ0n) is 21.2. The molecule has 3 aromatic rings. The Morgan fingerprint density at radius 1 is 1.03 bits per heavy atom. The van der Waals surface area contributed by atoms with E-state index in [1.165, 1.54) is 16.7 Å². The Morgan fingerprint density at radius 2 is 1.70 bits per heavy atom. The van der Waals surface area contributed by atoms with Crippen LogP contribution in [0.4, 0.5) is 4.79 Å². The number of urea groups is 1. The molecule has 4 rings (SSSR count). The molecule has 2 amide bonds. The first-order valence-electron chi connectivity index (χ1n) is 12.9. The van der Waals surface area contributed by atoms with Gasteiger partial charge in [-0.1, -0.05) is 44.5 Å².